The largest absolute Gasteiger partial charge is 0.383 e. The maximum Gasteiger partial charge on any atom is 0.180 e. The number of nitrogens with zero attached hydrogens (tertiary/aromatic N) is 4. The normalized spacial score (nSPS) is 10.5. The Kier molecular flexibility index (Phi) is 2.83. The van der Waals surface area contributed by atoms with Crippen molar-refractivity contribution in [3.8, 4) is 0 Å². The number of hydrogen-bond donors (Lipinski definition) is 1. The second-order valence-corrected chi connectivity index (χ2v) is 4.96. The minimum Gasteiger partial charge on any atom is -0.383 e. The molecular weight excluding hydrogens is 230 g/mol. The zero-order valence-corrected chi connectivity index (χ0v) is 9.89. The molecule has 0 saturated heterocycles. The number of nitrogens with two attached hydrogens (primary N) is 1. The number of anilines is 1. The van der Waals surface area contributed by atoms with Crippen LogP contribution in [0.4, 0.5) is 5.82 Å². The minimum absolute atomic E-state index is 0.523. The fraction of sp³-hybridized carbons (Fsp3) is 0.250. The maximum atomic E-state index is 5.75. The van der Waals surface area contributed by atoms with Crippen LogP contribution in [-0.4, -0.2) is 20.2 Å². The van der Waals surface area contributed by atoms with Crippen LogP contribution >= 0.6 is 23.1 Å². The molecule has 0 saturated carbocycles. The first kappa shape index (κ1) is 10.3. The molecule has 0 fully saturated rings. The van der Waals surface area contributed by atoms with Crippen molar-refractivity contribution < 1.29 is 0 Å². The fourth-order valence-corrected chi connectivity index (χ4v) is 2.54. The Balaban J connectivity index is 2.36. The van der Waals surface area contributed by atoms with Gasteiger partial charge in [0.15, 0.2) is 4.34 Å². The first-order valence-electron chi connectivity index (χ1n) is 4.21. The molecule has 2 heterocycles. The predicted octanol–water partition coefficient (Wildman–Crippen LogP) is 1.68. The van der Waals surface area contributed by atoms with E-state index in [1.54, 1.807) is 5.51 Å². The SMILES string of the molecule is Cc1nc(N)c(C)c(Sc2nncs2)n1. The van der Waals surface area contributed by atoms with Gasteiger partial charge in [-0.1, -0.05) is 11.3 Å². The van der Waals surface area contributed by atoms with E-state index in [-0.39, 0.29) is 0 Å². The summed E-state index contributed by atoms with van der Waals surface area (Å²) in [5.41, 5.74) is 8.33. The van der Waals surface area contributed by atoms with Crippen LogP contribution in [-0.2, 0) is 0 Å². The van der Waals surface area contributed by atoms with Gasteiger partial charge in [-0.3, -0.25) is 0 Å². The third kappa shape index (κ3) is 2.24. The van der Waals surface area contributed by atoms with E-state index in [4.69, 9.17) is 5.73 Å². The number of aryl methyl sites for hydroxylation is 1. The van der Waals surface area contributed by atoms with Crippen LogP contribution in [0.15, 0.2) is 14.9 Å². The van der Waals surface area contributed by atoms with E-state index in [0.29, 0.717) is 11.6 Å². The van der Waals surface area contributed by atoms with Gasteiger partial charge in [-0.05, 0) is 25.6 Å². The summed E-state index contributed by atoms with van der Waals surface area (Å²) in [5, 5.41) is 8.55. The molecule has 2 N–H and O–H groups in total. The van der Waals surface area contributed by atoms with Crippen LogP contribution in [0.3, 0.4) is 0 Å². The van der Waals surface area contributed by atoms with Crippen LogP contribution in [0.2, 0.25) is 0 Å². The van der Waals surface area contributed by atoms with Gasteiger partial charge in [-0.25, -0.2) is 9.97 Å². The Labute approximate surface area is 95.2 Å². The number of aromatic nitrogens is 4. The maximum absolute atomic E-state index is 5.75. The lowest BCUT2D eigenvalue weighted by atomic mass is 10.3. The van der Waals surface area contributed by atoms with Crippen molar-refractivity contribution in [3.05, 3.63) is 16.9 Å². The molecule has 0 spiro atoms. The molecule has 2 aromatic heterocycles. The molecule has 0 unspecified atom stereocenters. The molecule has 0 aromatic carbocycles. The van der Waals surface area contributed by atoms with Crippen LogP contribution in [0.25, 0.3) is 0 Å². The van der Waals surface area contributed by atoms with Gasteiger partial charge in [0.1, 0.15) is 22.2 Å². The fourth-order valence-electron chi connectivity index (χ4n) is 1.01. The monoisotopic (exact) mass is 239 g/mol. The van der Waals surface area contributed by atoms with E-state index < -0.39 is 0 Å². The van der Waals surface area contributed by atoms with Gasteiger partial charge < -0.3 is 5.73 Å². The molecule has 2 aromatic rings. The molecule has 0 aliphatic carbocycles. The van der Waals surface area contributed by atoms with Crippen LogP contribution in [0.5, 0.6) is 0 Å². The van der Waals surface area contributed by atoms with Gasteiger partial charge in [0.05, 0.1) is 0 Å². The molecule has 0 amide bonds. The highest BCUT2D eigenvalue weighted by molar-refractivity contribution is 8.01. The van der Waals surface area contributed by atoms with Crippen molar-refractivity contribution in [2.24, 2.45) is 0 Å². The summed E-state index contributed by atoms with van der Waals surface area (Å²) in [6.07, 6.45) is 0. The van der Waals surface area contributed by atoms with Crippen LogP contribution in [0.1, 0.15) is 11.4 Å². The molecule has 0 aliphatic heterocycles. The molecule has 78 valence electrons. The predicted molar refractivity (Wildman–Crippen MR) is 60.0 cm³/mol. The molecule has 15 heavy (non-hydrogen) atoms. The topological polar surface area (TPSA) is 77.6 Å². The third-order valence-corrected chi connectivity index (χ3v) is 3.64. The van der Waals surface area contributed by atoms with Gasteiger partial charge in [0.25, 0.3) is 0 Å². The Morgan fingerprint density at radius 1 is 1.33 bits per heavy atom. The molecule has 2 rings (SSSR count). The Morgan fingerprint density at radius 2 is 2.13 bits per heavy atom. The highest BCUT2D eigenvalue weighted by Gasteiger charge is 2.09. The summed E-state index contributed by atoms with van der Waals surface area (Å²) in [7, 11) is 0. The molecule has 5 nitrogen and oxygen atoms in total. The number of hydrogen-bond acceptors (Lipinski definition) is 7. The highest BCUT2D eigenvalue weighted by atomic mass is 32.2. The van der Waals surface area contributed by atoms with E-state index in [1.807, 2.05) is 13.8 Å². The first-order chi connectivity index (χ1) is 7.16. The van der Waals surface area contributed by atoms with Gasteiger partial charge in [0.2, 0.25) is 0 Å². The zero-order chi connectivity index (χ0) is 10.8. The summed E-state index contributed by atoms with van der Waals surface area (Å²) >= 11 is 2.94. The number of rotatable bonds is 2. The summed E-state index contributed by atoms with van der Waals surface area (Å²) in [6.45, 7) is 3.72. The summed E-state index contributed by atoms with van der Waals surface area (Å²) < 4.78 is 0.857. The van der Waals surface area contributed by atoms with Crippen molar-refractivity contribution in [1.29, 1.82) is 0 Å². The average molecular weight is 239 g/mol. The van der Waals surface area contributed by atoms with E-state index in [0.717, 1.165) is 14.9 Å². The smallest absolute Gasteiger partial charge is 0.180 e. The Bertz CT molecular complexity index is 468. The second kappa shape index (κ2) is 4.11. The van der Waals surface area contributed by atoms with E-state index in [1.165, 1.54) is 23.1 Å². The molecule has 0 bridgehead atoms. The van der Waals surface area contributed by atoms with Gasteiger partial charge >= 0.3 is 0 Å². The van der Waals surface area contributed by atoms with E-state index in [9.17, 15) is 0 Å². The van der Waals surface area contributed by atoms with Crippen molar-refractivity contribution in [1.82, 2.24) is 20.2 Å². The van der Waals surface area contributed by atoms with Crippen molar-refractivity contribution >= 4 is 28.9 Å². The minimum atomic E-state index is 0.523. The lowest BCUT2D eigenvalue weighted by Gasteiger charge is -2.05. The molecule has 0 atom stereocenters. The number of nitrogen functional groups attached to an aromatic ring is 1. The van der Waals surface area contributed by atoms with Crippen molar-refractivity contribution in [2.75, 3.05) is 5.73 Å². The standard InChI is InChI=1S/C8H9N5S2/c1-4-6(9)11-5(2)12-7(4)15-8-13-10-3-14-8/h3H,1-2H3,(H2,9,11,12). The van der Waals surface area contributed by atoms with E-state index in [2.05, 4.69) is 20.2 Å². The average Bonchev–Trinajstić information content (AvgIpc) is 2.66. The summed E-state index contributed by atoms with van der Waals surface area (Å²) in [4.78, 5) is 8.40. The first-order valence-corrected chi connectivity index (χ1v) is 5.91. The highest BCUT2D eigenvalue weighted by Crippen LogP contribution is 2.30. The second-order valence-electron chi connectivity index (χ2n) is 2.89. The van der Waals surface area contributed by atoms with Gasteiger partial charge in [-0.15, -0.1) is 10.2 Å². The Hall–Kier alpha value is -1.21. The van der Waals surface area contributed by atoms with Crippen molar-refractivity contribution in [3.63, 3.8) is 0 Å². The molecule has 0 aliphatic rings. The van der Waals surface area contributed by atoms with Gasteiger partial charge in [0, 0.05) is 5.56 Å². The molecule has 7 heteroatoms. The van der Waals surface area contributed by atoms with Crippen LogP contribution in [0, 0.1) is 13.8 Å². The molecule has 0 radical (unpaired) electrons. The van der Waals surface area contributed by atoms with Gasteiger partial charge in [-0.2, -0.15) is 0 Å². The summed E-state index contributed by atoms with van der Waals surface area (Å²) in [6, 6.07) is 0. The third-order valence-electron chi connectivity index (χ3n) is 1.77. The zero-order valence-electron chi connectivity index (χ0n) is 8.26. The van der Waals surface area contributed by atoms with E-state index >= 15 is 0 Å². The quantitative estimate of drug-likeness (QED) is 0.803. The lowest BCUT2D eigenvalue weighted by molar-refractivity contribution is 0.941. The summed E-state index contributed by atoms with van der Waals surface area (Å²) in [5.74, 6) is 1.19. The van der Waals surface area contributed by atoms with Crippen molar-refractivity contribution in [2.45, 2.75) is 23.2 Å². The molecular formula is C8H9N5S2. The lowest BCUT2D eigenvalue weighted by Crippen LogP contribution is -2.01. The van der Waals surface area contributed by atoms with Crippen LogP contribution < -0.4 is 5.73 Å². The Morgan fingerprint density at radius 3 is 2.80 bits per heavy atom.